The van der Waals surface area contributed by atoms with Gasteiger partial charge in [-0.15, -0.1) is 0 Å². The van der Waals surface area contributed by atoms with Crippen molar-refractivity contribution >= 4 is 0 Å². The van der Waals surface area contributed by atoms with Crippen molar-refractivity contribution in [3.63, 3.8) is 0 Å². The highest BCUT2D eigenvalue weighted by Crippen LogP contribution is 2.22. The Morgan fingerprint density at radius 1 is 1.21 bits per heavy atom. The fourth-order valence-corrected chi connectivity index (χ4v) is 1.51. The van der Waals surface area contributed by atoms with Crippen LogP contribution in [0.4, 0.5) is 0 Å². The van der Waals surface area contributed by atoms with Crippen molar-refractivity contribution in [3.8, 4) is 17.0 Å². The molecule has 0 aliphatic rings. The number of hydrogen-bond donors (Lipinski definition) is 1. The van der Waals surface area contributed by atoms with Crippen LogP contribution in [0.3, 0.4) is 0 Å². The molecule has 14 heavy (non-hydrogen) atoms. The molecule has 1 heterocycles. The summed E-state index contributed by atoms with van der Waals surface area (Å²) in [5, 5.41) is 13.5. The normalized spacial score (nSPS) is 10.4. The molecule has 0 unspecified atom stereocenters. The third kappa shape index (κ3) is 1.48. The molecule has 0 bridgehead atoms. The Bertz CT molecular complexity index is 443. The first kappa shape index (κ1) is 8.81. The maximum Gasteiger partial charge on any atom is 0.115 e. The Morgan fingerprint density at radius 2 is 1.86 bits per heavy atom. The number of phenols is 1. The van der Waals surface area contributed by atoms with E-state index < -0.39 is 0 Å². The molecular formula is C11H12N2O. The summed E-state index contributed by atoms with van der Waals surface area (Å²) in [6.45, 7) is 2.02. The van der Waals surface area contributed by atoms with Crippen molar-refractivity contribution < 1.29 is 5.11 Å². The average molecular weight is 188 g/mol. The van der Waals surface area contributed by atoms with Gasteiger partial charge in [-0.1, -0.05) is 0 Å². The van der Waals surface area contributed by atoms with Gasteiger partial charge in [-0.3, -0.25) is 4.68 Å². The highest BCUT2D eigenvalue weighted by Gasteiger charge is 2.05. The molecule has 0 saturated heterocycles. The lowest BCUT2D eigenvalue weighted by molar-refractivity contribution is 0.475. The highest BCUT2D eigenvalue weighted by molar-refractivity contribution is 5.63. The summed E-state index contributed by atoms with van der Waals surface area (Å²) in [6, 6.07) is 7.07. The van der Waals surface area contributed by atoms with Crippen molar-refractivity contribution in [2.45, 2.75) is 6.92 Å². The SMILES string of the molecule is Cc1cn(C)nc1-c1ccc(O)cc1. The van der Waals surface area contributed by atoms with Crippen molar-refractivity contribution in [2.75, 3.05) is 0 Å². The summed E-state index contributed by atoms with van der Waals surface area (Å²) in [5.74, 6) is 0.280. The Morgan fingerprint density at radius 3 is 2.36 bits per heavy atom. The van der Waals surface area contributed by atoms with Gasteiger partial charge in [-0.05, 0) is 36.8 Å². The van der Waals surface area contributed by atoms with E-state index in [1.54, 1.807) is 16.8 Å². The van der Waals surface area contributed by atoms with Gasteiger partial charge in [-0.25, -0.2) is 0 Å². The lowest BCUT2D eigenvalue weighted by Crippen LogP contribution is -1.87. The molecule has 0 aliphatic carbocycles. The highest BCUT2D eigenvalue weighted by atomic mass is 16.3. The molecule has 72 valence electrons. The van der Waals surface area contributed by atoms with Crippen LogP contribution >= 0.6 is 0 Å². The van der Waals surface area contributed by atoms with Gasteiger partial charge in [0.1, 0.15) is 5.75 Å². The monoisotopic (exact) mass is 188 g/mol. The second-order valence-corrected chi connectivity index (χ2v) is 3.38. The number of hydrogen-bond acceptors (Lipinski definition) is 2. The van der Waals surface area contributed by atoms with Gasteiger partial charge in [0, 0.05) is 18.8 Å². The van der Waals surface area contributed by atoms with E-state index in [1.807, 2.05) is 32.3 Å². The third-order valence-electron chi connectivity index (χ3n) is 2.15. The predicted octanol–water partition coefficient (Wildman–Crippen LogP) is 2.10. The molecule has 1 aromatic heterocycles. The van der Waals surface area contributed by atoms with Crippen LogP contribution in [0.5, 0.6) is 5.75 Å². The number of aryl methyl sites for hydroxylation is 2. The van der Waals surface area contributed by atoms with Crippen molar-refractivity contribution in [3.05, 3.63) is 36.0 Å². The maximum absolute atomic E-state index is 9.15. The summed E-state index contributed by atoms with van der Waals surface area (Å²) in [6.07, 6.45) is 1.97. The van der Waals surface area contributed by atoms with Gasteiger partial charge in [0.15, 0.2) is 0 Å². The molecule has 0 radical (unpaired) electrons. The molecule has 0 aliphatic heterocycles. The van der Waals surface area contributed by atoms with Gasteiger partial charge in [-0.2, -0.15) is 5.10 Å². The quantitative estimate of drug-likeness (QED) is 0.744. The van der Waals surface area contributed by atoms with Gasteiger partial charge < -0.3 is 5.11 Å². The first-order valence-corrected chi connectivity index (χ1v) is 4.46. The molecule has 2 aromatic rings. The Kier molecular flexibility index (Phi) is 2.00. The predicted molar refractivity (Wildman–Crippen MR) is 55.0 cm³/mol. The lowest BCUT2D eigenvalue weighted by atomic mass is 10.1. The van der Waals surface area contributed by atoms with Gasteiger partial charge in [0.05, 0.1) is 5.69 Å². The van der Waals surface area contributed by atoms with E-state index in [4.69, 9.17) is 5.11 Å². The fraction of sp³-hybridized carbons (Fsp3) is 0.182. The van der Waals surface area contributed by atoms with Crippen LogP contribution in [0.1, 0.15) is 5.56 Å². The van der Waals surface area contributed by atoms with Crippen LogP contribution < -0.4 is 0 Å². The number of rotatable bonds is 1. The zero-order valence-corrected chi connectivity index (χ0v) is 8.23. The van der Waals surface area contributed by atoms with Gasteiger partial charge in [0.2, 0.25) is 0 Å². The number of phenolic OH excluding ortho intramolecular Hbond substituents is 1. The Balaban J connectivity index is 2.49. The summed E-state index contributed by atoms with van der Waals surface area (Å²) in [7, 11) is 1.90. The molecule has 3 heteroatoms. The number of aromatic hydroxyl groups is 1. The molecule has 1 N–H and O–H groups in total. The van der Waals surface area contributed by atoms with E-state index in [2.05, 4.69) is 5.10 Å². The van der Waals surface area contributed by atoms with E-state index in [9.17, 15) is 0 Å². The van der Waals surface area contributed by atoms with Crippen LogP contribution in [0, 0.1) is 6.92 Å². The van der Waals surface area contributed by atoms with Crippen molar-refractivity contribution in [1.29, 1.82) is 0 Å². The first-order valence-electron chi connectivity index (χ1n) is 4.46. The van der Waals surface area contributed by atoms with Crippen molar-refractivity contribution in [1.82, 2.24) is 9.78 Å². The first-order chi connectivity index (χ1) is 6.66. The zero-order chi connectivity index (χ0) is 10.1. The Hall–Kier alpha value is -1.77. The summed E-state index contributed by atoms with van der Waals surface area (Å²) in [4.78, 5) is 0. The van der Waals surface area contributed by atoms with Gasteiger partial charge >= 0.3 is 0 Å². The van der Waals surface area contributed by atoms with Gasteiger partial charge in [0.25, 0.3) is 0 Å². The average Bonchev–Trinajstić information content (AvgIpc) is 2.47. The van der Waals surface area contributed by atoms with Crippen LogP contribution in [0.25, 0.3) is 11.3 Å². The molecule has 3 nitrogen and oxygen atoms in total. The van der Waals surface area contributed by atoms with E-state index in [-0.39, 0.29) is 5.75 Å². The summed E-state index contributed by atoms with van der Waals surface area (Å²) in [5.41, 5.74) is 3.13. The molecule has 0 spiro atoms. The number of nitrogens with zero attached hydrogens (tertiary/aromatic N) is 2. The molecule has 0 atom stereocenters. The third-order valence-corrected chi connectivity index (χ3v) is 2.15. The Labute approximate surface area is 82.6 Å². The van der Waals surface area contributed by atoms with Crippen molar-refractivity contribution in [2.24, 2.45) is 7.05 Å². The minimum atomic E-state index is 0.280. The van der Waals surface area contributed by atoms with E-state index in [0.717, 1.165) is 16.8 Å². The van der Waals surface area contributed by atoms with Crippen LogP contribution in [-0.2, 0) is 7.05 Å². The zero-order valence-electron chi connectivity index (χ0n) is 8.23. The van der Waals surface area contributed by atoms with Crippen LogP contribution in [0.2, 0.25) is 0 Å². The summed E-state index contributed by atoms with van der Waals surface area (Å²) < 4.78 is 1.79. The fourth-order valence-electron chi connectivity index (χ4n) is 1.51. The number of benzene rings is 1. The maximum atomic E-state index is 9.15. The minimum absolute atomic E-state index is 0.280. The second kappa shape index (κ2) is 3.18. The molecule has 2 rings (SSSR count). The number of aromatic nitrogens is 2. The molecule has 0 saturated carbocycles. The standard InChI is InChI=1S/C11H12N2O/c1-8-7-13(2)12-11(8)9-3-5-10(14)6-4-9/h3-7,14H,1-2H3. The van der Waals surface area contributed by atoms with E-state index in [1.165, 1.54) is 0 Å². The molecule has 0 amide bonds. The topological polar surface area (TPSA) is 38.0 Å². The lowest BCUT2D eigenvalue weighted by Gasteiger charge is -1.98. The minimum Gasteiger partial charge on any atom is -0.508 e. The summed E-state index contributed by atoms with van der Waals surface area (Å²) >= 11 is 0. The largest absolute Gasteiger partial charge is 0.508 e. The van der Waals surface area contributed by atoms with Crippen LogP contribution in [-0.4, -0.2) is 14.9 Å². The van der Waals surface area contributed by atoms with Crippen LogP contribution in [0.15, 0.2) is 30.5 Å². The second-order valence-electron chi connectivity index (χ2n) is 3.38. The molecular weight excluding hydrogens is 176 g/mol. The smallest absolute Gasteiger partial charge is 0.115 e. The van der Waals surface area contributed by atoms with E-state index in [0.29, 0.717) is 0 Å². The van der Waals surface area contributed by atoms with E-state index >= 15 is 0 Å². The molecule has 0 fully saturated rings. The molecule has 1 aromatic carbocycles.